The minimum Gasteiger partial charge on any atom is -0.427 e. The van der Waals surface area contributed by atoms with Gasteiger partial charge in [-0.25, -0.2) is 0 Å². The van der Waals surface area contributed by atoms with E-state index in [9.17, 15) is 0 Å². The molecule has 0 fully saturated rings. The molecular weight excluding hydrogens is 381 g/mol. The van der Waals surface area contributed by atoms with E-state index < -0.39 is 21.1 Å². The largest absolute Gasteiger partial charge is 0.427 e. The molecule has 0 N–H and O–H groups in total. The first-order chi connectivity index (χ1) is 9.99. The summed E-state index contributed by atoms with van der Waals surface area (Å²) in [4.78, 5) is 0. The molecule has 0 atom stereocenters. The van der Waals surface area contributed by atoms with Gasteiger partial charge in [-0.2, -0.15) is 0 Å². The van der Waals surface area contributed by atoms with Crippen LogP contribution < -0.4 is 31.4 Å². The molecule has 0 radical (unpaired) electrons. The SMILES string of the molecule is CCC[N+](CCC)(CCC)Cc1ccccc1.[O-][I+2]([O-])[O-]. The molecule has 5 heteroatoms. The fraction of sp³-hybridized carbons (Fsp3) is 0.625. The summed E-state index contributed by atoms with van der Waals surface area (Å²) in [6.07, 6.45) is 3.85. The van der Waals surface area contributed by atoms with Gasteiger partial charge in [-0.15, -0.1) is 0 Å². The van der Waals surface area contributed by atoms with Crippen LogP contribution in [-0.4, -0.2) is 24.1 Å². The normalized spacial score (nSPS) is 11.2. The van der Waals surface area contributed by atoms with E-state index in [-0.39, 0.29) is 0 Å². The van der Waals surface area contributed by atoms with Gasteiger partial charge >= 0.3 is 0 Å². The minimum absolute atomic E-state index is 1.20. The highest BCUT2D eigenvalue weighted by Crippen LogP contribution is 2.17. The first-order valence-electron chi connectivity index (χ1n) is 7.61. The third-order valence-corrected chi connectivity index (χ3v) is 3.45. The van der Waals surface area contributed by atoms with Crippen LogP contribution in [0.1, 0.15) is 45.6 Å². The van der Waals surface area contributed by atoms with Crippen molar-refractivity contribution in [2.45, 2.75) is 46.6 Å². The molecule has 0 heterocycles. The maximum absolute atomic E-state index is 8.57. The van der Waals surface area contributed by atoms with Crippen LogP contribution in [0.4, 0.5) is 0 Å². The Morgan fingerprint density at radius 1 is 0.810 bits per heavy atom. The van der Waals surface area contributed by atoms with E-state index in [1.54, 1.807) is 0 Å². The van der Waals surface area contributed by atoms with Crippen molar-refractivity contribution >= 4 is 0 Å². The lowest BCUT2D eigenvalue weighted by molar-refractivity contribution is -1.73. The smallest absolute Gasteiger partial charge is 0.282 e. The molecule has 0 aromatic heterocycles. The number of benzene rings is 1. The van der Waals surface area contributed by atoms with Crippen molar-refractivity contribution < 1.29 is 35.9 Å². The molecule has 0 unspecified atom stereocenters. The molecule has 0 bridgehead atoms. The van der Waals surface area contributed by atoms with Gasteiger partial charge in [0.15, 0.2) is 0 Å². The molecule has 0 aliphatic carbocycles. The topological polar surface area (TPSA) is 69.2 Å². The number of rotatable bonds is 8. The van der Waals surface area contributed by atoms with Crippen molar-refractivity contribution in [1.82, 2.24) is 0 Å². The third-order valence-electron chi connectivity index (χ3n) is 3.45. The number of hydrogen-bond donors (Lipinski definition) is 0. The summed E-state index contributed by atoms with van der Waals surface area (Å²) in [6, 6.07) is 11.0. The van der Waals surface area contributed by atoms with Crippen LogP contribution in [-0.2, 0) is 6.54 Å². The van der Waals surface area contributed by atoms with Crippen molar-refractivity contribution in [3.63, 3.8) is 0 Å². The molecule has 0 saturated heterocycles. The van der Waals surface area contributed by atoms with Crippen molar-refractivity contribution in [2.24, 2.45) is 0 Å². The molecular formula is C16H28INO3. The zero-order valence-electron chi connectivity index (χ0n) is 13.4. The molecule has 1 aromatic rings. The Kier molecular flexibility index (Phi) is 12.2. The zero-order valence-corrected chi connectivity index (χ0v) is 15.5. The van der Waals surface area contributed by atoms with Crippen LogP contribution in [0.2, 0.25) is 0 Å². The fourth-order valence-corrected chi connectivity index (χ4v) is 2.97. The van der Waals surface area contributed by atoms with Crippen molar-refractivity contribution in [1.29, 1.82) is 0 Å². The standard InChI is InChI=1S/C16H28N.IO3/c1-4-12-17(13-5-2,14-6-3)15-16-10-8-7-9-11-16;2-1(3)4/h7-11H,4-6,12-15H2,1-3H3;/q+1;-1. The highest BCUT2D eigenvalue weighted by molar-refractivity contribution is 5.13. The summed E-state index contributed by atoms with van der Waals surface area (Å²) < 4.78 is 27.0. The summed E-state index contributed by atoms with van der Waals surface area (Å²) in [5, 5.41) is 0. The summed E-state index contributed by atoms with van der Waals surface area (Å²) in [7, 11) is 0. The van der Waals surface area contributed by atoms with Crippen molar-refractivity contribution in [2.75, 3.05) is 19.6 Å². The molecule has 0 spiro atoms. The van der Waals surface area contributed by atoms with Crippen LogP contribution in [0, 0.1) is 0 Å². The van der Waals surface area contributed by atoms with Gasteiger partial charge in [-0.1, -0.05) is 51.1 Å². The Morgan fingerprint density at radius 3 is 1.52 bits per heavy atom. The number of quaternary nitrogens is 1. The first-order valence-corrected chi connectivity index (χ1v) is 10.3. The van der Waals surface area contributed by atoms with Gasteiger partial charge in [0.1, 0.15) is 6.54 Å². The lowest BCUT2D eigenvalue weighted by Crippen LogP contribution is -4.05. The van der Waals surface area contributed by atoms with E-state index in [0.29, 0.717) is 0 Å². The van der Waals surface area contributed by atoms with E-state index >= 15 is 0 Å². The van der Waals surface area contributed by atoms with Crippen molar-refractivity contribution in [3.05, 3.63) is 35.9 Å². The second-order valence-corrected chi connectivity index (χ2v) is 6.42. The van der Waals surface area contributed by atoms with Crippen LogP contribution in [0.15, 0.2) is 30.3 Å². The minimum atomic E-state index is -4.01. The van der Waals surface area contributed by atoms with Gasteiger partial charge in [0.25, 0.3) is 21.1 Å². The number of halogens is 1. The summed E-state index contributed by atoms with van der Waals surface area (Å²) in [6.45, 7) is 12.1. The highest BCUT2D eigenvalue weighted by atomic mass is 127. The average Bonchev–Trinajstić information content (AvgIpc) is 2.40. The van der Waals surface area contributed by atoms with E-state index in [2.05, 4.69) is 51.1 Å². The predicted molar refractivity (Wildman–Crippen MR) is 75.9 cm³/mol. The number of hydrogen-bond acceptors (Lipinski definition) is 3. The maximum Gasteiger partial charge on any atom is 0.282 e. The second kappa shape index (κ2) is 12.3. The van der Waals surface area contributed by atoms with Gasteiger partial charge < -0.3 is 14.8 Å². The van der Waals surface area contributed by atoms with Gasteiger partial charge in [0, 0.05) is 5.56 Å². The monoisotopic (exact) mass is 409 g/mol. The van der Waals surface area contributed by atoms with Gasteiger partial charge in [-0.3, -0.25) is 0 Å². The molecule has 21 heavy (non-hydrogen) atoms. The maximum atomic E-state index is 8.57. The third kappa shape index (κ3) is 10.2. The highest BCUT2D eigenvalue weighted by Gasteiger charge is 2.24. The Morgan fingerprint density at radius 2 is 1.19 bits per heavy atom. The molecule has 0 aliphatic rings. The Balaban J connectivity index is 0.000000885. The van der Waals surface area contributed by atoms with Crippen LogP contribution in [0.25, 0.3) is 0 Å². The Bertz CT molecular complexity index is 327. The Hall–Kier alpha value is -0.210. The van der Waals surface area contributed by atoms with Crippen LogP contribution in [0.3, 0.4) is 0 Å². The molecule has 0 aliphatic heterocycles. The van der Waals surface area contributed by atoms with E-state index in [1.807, 2.05) is 0 Å². The summed E-state index contributed by atoms with van der Waals surface area (Å²) in [5.74, 6) is 0. The van der Waals surface area contributed by atoms with Crippen LogP contribution >= 0.6 is 0 Å². The van der Waals surface area contributed by atoms with Crippen LogP contribution in [0.5, 0.6) is 0 Å². The lowest BCUT2D eigenvalue weighted by atomic mass is 10.1. The van der Waals surface area contributed by atoms with E-state index in [0.717, 1.165) is 0 Å². The van der Waals surface area contributed by atoms with Gasteiger partial charge in [0.05, 0.1) is 19.6 Å². The summed E-state index contributed by atoms with van der Waals surface area (Å²) >= 11 is -4.01. The van der Waals surface area contributed by atoms with Gasteiger partial charge in [-0.05, 0) is 19.3 Å². The number of nitrogens with zero attached hydrogens (tertiary/aromatic N) is 1. The first kappa shape index (κ1) is 20.8. The van der Waals surface area contributed by atoms with E-state index in [1.165, 1.54) is 55.5 Å². The molecule has 0 amide bonds. The lowest BCUT2D eigenvalue weighted by Gasteiger charge is -2.38. The summed E-state index contributed by atoms with van der Waals surface area (Å²) in [5.41, 5.74) is 1.49. The molecule has 122 valence electrons. The van der Waals surface area contributed by atoms with E-state index in [4.69, 9.17) is 10.3 Å². The Labute approximate surface area is 138 Å². The molecule has 1 aromatic carbocycles. The zero-order chi connectivity index (χ0) is 16.1. The molecule has 1 rings (SSSR count). The fourth-order valence-electron chi connectivity index (χ4n) is 2.97. The second-order valence-electron chi connectivity index (χ2n) is 5.35. The van der Waals surface area contributed by atoms with Gasteiger partial charge in [0.2, 0.25) is 0 Å². The van der Waals surface area contributed by atoms with Crippen molar-refractivity contribution in [3.8, 4) is 0 Å². The quantitative estimate of drug-likeness (QED) is 0.357. The average molecular weight is 409 g/mol. The molecule has 0 saturated carbocycles. The predicted octanol–water partition coefficient (Wildman–Crippen LogP) is -2.33. The molecule has 4 nitrogen and oxygen atoms in total.